The minimum Gasteiger partial charge on any atom is -0.328 e. The molecule has 1 saturated carbocycles. The molecule has 1 unspecified atom stereocenters. The summed E-state index contributed by atoms with van der Waals surface area (Å²) >= 11 is 0. The molecule has 7 heteroatoms. The van der Waals surface area contributed by atoms with E-state index in [1.165, 1.54) is 12.8 Å². The minimum absolute atomic E-state index is 0.118. The Morgan fingerprint density at radius 2 is 1.89 bits per heavy atom. The number of rotatable bonds is 5. The Balaban J connectivity index is 1.35. The molecule has 150 valence electrons. The Bertz CT molecular complexity index is 786. The van der Waals surface area contributed by atoms with Crippen LogP contribution in [-0.2, 0) is 22.7 Å². The second kappa shape index (κ2) is 8.01. The van der Waals surface area contributed by atoms with Crippen molar-refractivity contribution < 1.29 is 14.4 Å². The predicted octanol–water partition coefficient (Wildman–Crippen LogP) is 1.05. The first-order valence-electron chi connectivity index (χ1n) is 10.2. The van der Waals surface area contributed by atoms with Crippen molar-refractivity contribution in [2.45, 2.75) is 63.7 Å². The summed E-state index contributed by atoms with van der Waals surface area (Å²) < 4.78 is 0. The van der Waals surface area contributed by atoms with Gasteiger partial charge in [-0.1, -0.05) is 12.1 Å². The molecule has 1 aromatic rings. The molecule has 2 fully saturated rings. The van der Waals surface area contributed by atoms with Crippen molar-refractivity contribution in [3.8, 4) is 0 Å². The molecule has 0 spiro atoms. The summed E-state index contributed by atoms with van der Waals surface area (Å²) in [4.78, 5) is 37.9. The summed E-state index contributed by atoms with van der Waals surface area (Å²) in [6.07, 6.45) is 5.24. The van der Waals surface area contributed by atoms with Crippen molar-refractivity contribution in [3.63, 3.8) is 0 Å². The van der Waals surface area contributed by atoms with Crippen LogP contribution in [0.4, 0.5) is 0 Å². The van der Waals surface area contributed by atoms with Gasteiger partial charge in [0.15, 0.2) is 0 Å². The van der Waals surface area contributed by atoms with Gasteiger partial charge in [0.05, 0.1) is 0 Å². The molecule has 3 amide bonds. The van der Waals surface area contributed by atoms with Crippen molar-refractivity contribution in [2.24, 2.45) is 11.7 Å². The molecular formula is C21H28N4O3. The summed E-state index contributed by atoms with van der Waals surface area (Å²) in [6, 6.07) is 5.77. The summed E-state index contributed by atoms with van der Waals surface area (Å²) in [5.41, 5.74) is 8.66. The van der Waals surface area contributed by atoms with Crippen LogP contribution >= 0.6 is 0 Å². The molecule has 28 heavy (non-hydrogen) atoms. The molecular weight excluding hydrogens is 356 g/mol. The van der Waals surface area contributed by atoms with Crippen LogP contribution in [0.3, 0.4) is 0 Å². The van der Waals surface area contributed by atoms with Crippen molar-refractivity contribution in [1.29, 1.82) is 0 Å². The first-order chi connectivity index (χ1) is 13.5. The van der Waals surface area contributed by atoms with Gasteiger partial charge < -0.3 is 16.0 Å². The Hall–Kier alpha value is -2.25. The Labute approximate surface area is 165 Å². The van der Waals surface area contributed by atoms with Crippen molar-refractivity contribution in [3.05, 3.63) is 34.9 Å². The highest BCUT2D eigenvalue weighted by Gasteiger charge is 2.39. The number of imide groups is 1. The van der Waals surface area contributed by atoms with Crippen molar-refractivity contribution in [2.75, 3.05) is 6.54 Å². The van der Waals surface area contributed by atoms with Crippen LogP contribution in [-0.4, -0.2) is 41.2 Å². The normalized spacial score (nSPS) is 27.7. The average Bonchev–Trinajstić information content (AvgIpc) is 3.00. The van der Waals surface area contributed by atoms with E-state index in [-0.39, 0.29) is 24.1 Å². The van der Waals surface area contributed by atoms with Crippen molar-refractivity contribution in [1.82, 2.24) is 15.5 Å². The molecule has 1 aromatic carbocycles. The molecule has 4 rings (SSSR count). The topological polar surface area (TPSA) is 105 Å². The molecule has 4 N–H and O–H groups in total. The fraction of sp³-hybridized carbons (Fsp3) is 0.571. The van der Waals surface area contributed by atoms with Gasteiger partial charge in [-0.15, -0.1) is 0 Å². The molecule has 2 aliphatic heterocycles. The highest BCUT2D eigenvalue weighted by molar-refractivity contribution is 6.05. The lowest BCUT2D eigenvalue weighted by molar-refractivity contribution is -0.136. The number of fused-ring (bicyclic) bond motifs is 1. The second-order valence-corrected chi connectivity index (χ2v) is 8.30. The standard InChI is InChI=1S/C21H28N4O3/c22-16-5-2-13(3-6-16)10-23-11-14-1-4-15-12-25(21(28)17(15)9-14)18-7-8-19(26)24-20(18)27/h1,4,9,13,16,18,23H,2-3,5-8,10-12,22H2,(H,24,26,27). The third-order valence-corrected chi connectivity index (χ3v) is 6.25. The molecule has 1 atom stereocenters. The first-order valence-corrected chi connectivity index (χ1v) is 10.2. The summed E-state index contributed by atoms with van der Waals surface area (Å²) in [5.74, 6) is -0.0725. The third-order valence-electron chi connectivity index (χ3n) is 6.25. The lowest BCUT2D eigenvalue weighted by Gasteiger charge is -2.29. The molecule has 1 aliphatic carbocycles. The van der Waals surface area contributed by atoms with E-state index in [0.29, 0.717) is 30.5 Å². The van der Waals surface area contributed by atoms with Crippen molar-refractivity contribution >= 4 is 17.7 Å². The zero-order valence-electron chi connectivity index (χ0n) is 16.1. The quantitative estimate of drug-likeness (QED) is 0.659. The maximum Gasteiger partial charge on any atom is 0.255 e. The molecule has 3 aliphatic rings. The summed E-state index contributed by atoms with van der Waals surface area (Å²) in [5, 5.41) is 5.85. The number of piperidine rings is 1. The summed E-state index contributed by atoms with van der Waals surface area (Å²) in [6.45, 7) is 2.12. The van der Waals surface area contributed by atoms with Crippen LogP contribution in [0, 0.1) is 5.92 Å². The van der Waals surface area contributed by atoms with E-state index in [9.17, 15) is 14.4 Å². The Morgan fingerprint density at radius 1 is 1.11 bits per heavy atom. The van der Waals surface area contributed by atoms with E-state index in [4.69, 9.17) is 5.73 Å². The monoisotopic (exact) mass is 384 g/mol. The number of hydrogen-bond acceptors (Lipinski definition) is 5. The fourth-order valence-corrected chi connectivity index (χ4v) is 4.52. The van der Waals surface area contributed by atoms with Gasteiger partial charge in [0.2, 0.25) is 11.8 Å². The number of nitrogens with zero attached hydrogens (tertiary/aromatic N) is 1. The number of nitrogens with one attached hydrogen (secondary N) is 2. The van der Waals surface area contributed by atoms with Gasteiger partial charge in [-0.25, -0.2) is 0 Å². The zero-order valence-corrected chi connectivity index (χ0v) is 16.1. The number of nitrogens with two attached hydrogens (primary N) is 1. The van der Waals surface area contributed by atoms with E-state index in [1.54, 1.807) is 4.90 Å². The van der Waals surface area contributed by atoms with E-state index >= 15 is 0 Å². The molecule has 0 aromatic heterocycles. The van der Waals surface area contributed by atoms with Crippen LogP contribution in [0.2, 0.25) is 0 Å². The first kappa shape index (κ1) is 19.1. The SMILES string of the molecule is NC1CCC(CNCc2ccc3c(c2)C(=O)N(C2CCC(=O)NC2=O)C3)CC1. The zero-order chi connectivity index (χ0) is 19.7. The molecule has 0 bridgehead atoms. The number of carbonyl (C=O) groups excluding carboxylic acids is 3. The van der Waals surface area contributed by atoms with Gasteiger partial charge in [-0.2, -0.15) is 0 Å². The lowest BCUT2D eigenvalue weighted by Crippen LogP contribution is -2.52. The van der Waals surface area contributed by atoms with E-state index in [1.807, 2.05) is 18.2 Å². The lowest BCUT2D eigenvalue weighted by atomic mass is 9.86. The van der Waals surface area contributed by atoms with E-state index in [0.717, 1.165) is 37.1 Å². The maximum atomic E-state index is 12.9. The number of amides is 3. The smallest absolute Gasteiger partial charge is 0.255 e. The molecule has 0 radical (unpaired) electrons. The van der Waals surface area contributed by atoms with Gasteiger partial charge in [0, 0.05) is 31.1 Å². The van der Waals surface area contributed by atoms with Crippen LogP contribution < -0.4 is 16.4 Å². The van der Waals surface area contributed by atoms with E-state index in [2.05, 4.69) is 10.6 Å². The van der Waals surface area contributed by atoms with Crippen LogP contribution in [0.15, 0.2) is 18.2 Å². The number of carbonyl (C=O) groups is 3. The minimum atomic E-state index is -0.558. The van der Waals surface area contributed by atoms with Crippen LogP contribution in [0.25, 0.3) is 0 Å². The van der Waals surface area contributed by atoms with Crippen LogP contribution in [0.1, 0.15) is 60.0 Å². The molecule has 2 heterocycles. The highest BCUT2D eigenvalue weighted by atomic mass is 16.2. The van der Waals surface area contributed by atoms with Gasteiger partial charge >= 0.3 is 0 Å². The average molecular weight is 384 g/mol. The van der Waals surface area contributed by atoms with Crippen LogP contribution in [0.5, 0.6) is 0 Å². The van der Waals surface area contributed by atoms with Gasteiger partial charge in [-0.3, -0.25) is 19.7 Å². The van der Waals surface area contributed by atoms with Gasteiger partial charge in [-0.05, 0) is 61.8 Å². The van der Waals surface area contributed by atoms with Gasteiger partial charge in [0.25, 0.3) is 5.91 Å². The number of benzene rings is 1. The molecule has 7 nitrogen and oxygen atoms in total. The maximum absolute atomic E-state index is 12.9. The highest BCUT2D eigenvalue weighted by Crippen LogP contribution is 2.28. The predicted molar refractivity (Wildman–Crippen MR) is 104 cm³/mol. The Morgan fingerprint density at radius 3 is 2.64 bits per heavy atom. The number of hydrogen-bond donors (Lipinski definition) is 3. The summed E-state index contributed by atoms with van der Waals surface area (Å²) in [7, 11) is 0. The van der Waals surface area contributed by atoms with Gasteiger partial charge in [0.1, 0.15) is 6.04 Å². The molecule has 1 saturated heterocycles. The fourth-order valence-electron chi connectivity index (χ4n) is 4.52. The Kier molecular flexibility index (Phi) is 5.46. The largest absolute Gasteiger partial charge is 0.328 e. The third kappa shape index (κ3) is 3.95. The second-order valence-electron chi connectivity index (χ2n) is 8.30. The van der Waals surface area contributed by atoms with E-state index < -0.39 is 6.04 Å².